The summed E-state index contributed by atoms with van der Waals surface area (Å²) in [5.41, 5.74) is -0.134. The molecule has 0 heterocycles. The number of nitrogen functional groups attached to an aromatic ring is 1. The molecule has 0 aliphatic rings. The van der Waals surface area contributed by atoms with Crippen LogP contribution in [0.5, 0.6) is 0 Å². The van der Waals surface area contributed by atoms with E-state index >= 15 is 0 Å². The van der Waals surface area contributed by atoms with Crippen LogP contribution in [0, 0.1) is 20.2 Å². The Hall–Kier alpha value is -2.39. The van der Waals surface area contributed by atoms with Gasteiger partial charge < -0.3 is 5.73 Å². The third-order valence-electron chi connectivity index (χ3n) is 3.04. The fraction of sp³-hybridized carbons (Fsp3) is 0.455. The lowest BCUT2D eigenvalue weighted by Crippen LogP contribution is -2.18. The summed E-state index contributed by atoms with van der Waals surface area (Å²) in [6.07, 6.45) is -5.58. The van der Waals surface area contributed by atoms with Crippen LogP contribution in [0.2, 0.25) is 0 Å². The largest absolute Gasteiger partial charge is 0.417 e. The van der Waals surface area contributed by atoms with Crippen LogP contribution >= 0.6 is 0 Å². The number of halogens is 3. The second kappa shape index (κ2) is 5.54. The van der Waals surface area contributed by atoms with Crippen LogP contribution in [0.4, 0.5) is 30.2 Å². The molecule has 1 aromatic carbocycles. The standard InChI is InChI=1S/C11H12F3N3O4/c1-3-5-7(11(12,13)14)6(4-2)10(17(20)21)8(15)9(5)16(18)19/h3-4,15H2,1-2H3. The van der Waals surface area contributed by atoms with Crippen molar-refractivity contribution >= 4 is 17.1 Å². The van der Waals surface area contributed by atoms with Gasteiger partial charge in [-0.2, -0.15) is 13.2 Å². The van der Waals surface area contributed by atoms with Gasteiger partial charge in [-0.3, -0.25) is 20.2 Å². The highest BCUT2D eigenvalue weighted by Crippen LogP contribution is 2.47. The molecule has 0 amide bonds. The number of hydrogen-bond acceptors (Lipinski definition) is 5. The van der Waals surface area contributed by atoms with Crippen molar-refractivity contribution in [2.45, 2.75) is 32.9 Å². The molecule has 0 atom stereocenters. The molecule has 0 radical (unpaired) electrons. The van der Waals surface area contributed by atoms with Crippen molar-refractivity contribution in [3.05, 3.63) is 36.9 Å². The summed E-state index contributed by atoms with van der Waals surface area (Å²) in [7, 11) is 0. The molecule has 0 aliphatic heterocycles. The SMILES string of the molecule is CCc1c([N+](=O)[O-])c(N)c([N+](=O)[O-])c(CC)c1C(F)(F)F. The molecule has 1 rings (SSSR count). The van der Waals surface area contributed by atoms with Crippen molar-refractivity contribution in [3.8, 4) is 0 Å². The normalized spacial score (nSPS) is 11.5. The molecule has 0 aliphatic carbocycles. The molecule has 0 fully saturated rings. The van der Waals surface area contributed by atoms with Crippen LogP contribution in [0.25, 0.3) is 0 Å². The van der Waals surface area contributed by atoms with E-state index in [0.29, 0.717) is 0 Å². The van der Waals surface area contributed by atoms with Crippen molar-refractivity contribution in [1.29, 1.82) is 0 Å². The number of alkyl halides is 3. The summed E-state index contributed by atoms with van der Waals surface area (Å²) in [6.45, 7) is 2.59. The maximum absolute atomic E-state index is 13.2. The van der Waals surface area contributed by atoms with Gasteiger partial charge >= 0.3 is 17.6 Å². The van der Waals surface area contributed by atoms with Gasteiger partial charge in [-0.05, 0) is 12.8 Å². The summed E-state index contributed by atoms with van der Waals surface area (Å²) in [4.78, 5) is 19.8. The third kappa shape index (κ3) is 2.73. The topological polar surface area (TPSA) is 112 Å². The lowest BCUT2D eigenvalue weighted by atomic mass is 9.92. The van der Waals surface area contributed by atoms with Gasteiger partial charge in [-0.1, -0.05) is 13.8 Å². The summed E-state index contributed by atoms with van der Waals surface area (Å²) in [5.74, 6) is 0. The predicted octanol–water partition coefficient (Wildman–Crippen LogP) is 3.23. The van der Waals surface area contributed by atoms with Crippen molar-refractivity contribution < 1.29 is 23.0 Å². The van der Waals surface area contributed by atoms with Crippen LogP contribution < -0.4 is 5.73 Å². The zero-order valence-electron chi connectivity index (χ0n) is 11.2. The molecule has 21 heavy (non-hydrogen) atoms. The molecule has 1 aromatic rings. The monoisotopic (exact) mass is 307 g/mol. The highest BCUT2D eigenvalue weighted by molar-refractivity contribution is 5.79. The highest BCUT2D eigenvalue weighted by atomic mass is 19.4. The van der Waals surface area contributed by atoms with Crippen LogP contribution in [0.1, 0.15) is 30.5 Å². The van der Waals surface area contributed by atoms with E-state index in [4.69, 9.17) is 5.73 Å². The Bertz CT molecular complexity index is 571. The molecule has 0 unspecified atom stereocenters. The fourth-order valence-corrected chi connectivity index (χ4v) is 2.30. The van der Waals surface area contributed by atoms with Gasteiger partial charge in [0.15, 0.2) is 5.69 Å². The number of nitrogens with two attached hydrogens (primary N) is 1. The minimum absolute atomic E-state index is 0.319. The number of anilines is 1. The summed E-state index contributed by atoms with van der Waals surface area (Å²) in [6, 6.07) is 0. The number of nitro benzene ring substituents is 2. The van der Waals surface area contributed by atoms with Crippen molar-refractivity contribution in [2.24, 2.45) is 0 Å². The fourth-order valence-electron chi connectivity index (χ4n) is 2.30. The van der Waals surface area contributed by atoms with Crippen molar-refractivity contribution in [3.63, 3.8) is 0 Å². The van der Waals surface area contributed by atoms with Gasteiger partial charge in [-0.15, -0.1) is 0 Å². The van der Waals surface area contributed by atoms with Gasteiger partial charge in [0.2, 0.25) is 0 Å². The van der Waals surface area contributed by atoms with E-state index in [-0.39, 0.29) is 12.8 Å². The Balaban J connectivity index is 4.10. The third-order valence-corrected chi connectivity index (χ3v) is 3.04. The lowest BCUT2D eigenvalue weighted by molar-refractivity contribution is -0.393. The molecular formula is C11H12F3N3O4. The van der Waals surface area contributed by atoms with E-state index in [2.05, 4.69) is 0 Å². The maximum atomic E-state index is 13.2. The second-order valence-corrected chi connectivity index (χ2v) is 4.16. The first-order valence-corrected chi connectivity index (χ1v) is 5.90. The molecule has 10 heteroatoms. The van der Waals surface area contributed by atoms with E-state index in [9.17, 15) is 33.4 Å². The number of nitrogens with zero attached hydrogens (tertiary/aromatic N) is 2. The average Bonchev–Trinajstić information content (AvgIpc) is 2.34. The molecule has 7 nitrogen and oxygen atoms in total. The van der Waals surface area contributed by atoms with E-state index in [1.165, 1.54) is 13.8 Å². The van der Waals surface area contributed by atoms with Gasteiger partial charge in [-0.25, -0.2) is 0 Å². The predicted molar refractivity (Wildman–Crippen MR) is 67.9 cm³/mol. The first kappa shape index (κ1) is 16.7. The van der Waals surface area contributed by atoms with Gasteiger partial charge in [0.25, 0.3) is 0 Å². The van der Waals surface area contributed by atoms with E-state index < -0.39 is 49.8 Å². The lowest BCUT2D eigenvalue weighted by Gasteiger charge is -2.17. The minimum Gasteiger partial charge on any atom is -0.387 e. The maximum Gasteiger partial charge on any atom is 0.417 e. The van der Waals surface area contributed by atoms with E-state index in [1.54, 1.807) is 0 Å². The van der Waals surface area contributed by atoms with Gasteiger partial charge in [0.05, 0.1) is 15.4 Å². The molecule has 2 N–H and O–H groups in total. The zero-order chi connectivity index (χ0) is 16.5. The second-order valence-electron chi connectivity index (χ2n) is 4.16. The molecule has 0 aromatic heterocycles. The number of benzene rings is 1. The molecule has 116 valence electrons. The minimum atomic E-state index is -4.94. The number of nitro groups is 2. The van der Waals surface area contributed by atoms with Gasteiger partial charge in [0, 0.05) is 11.1 Å². The average molecular weight is 307 g/mol. The summed E-state index contributed by atoms with van der Waals surface area (Å²) < 4.78 is 39.6. The summed E-state index contributed by atoms with van der Waals surface area (Å²) in [5, 5.41) is 22.0. The van der Waals surface area contributed by atoms with Crippen LogP contribution in [0.15, 0.2) is 0 Å². The zero-order valence-corrected chi connectivity index (χ0v) is 11.2. The molecular weight excluding hydrogens is 295 g/mol. The van der Waals surface area contributed by atoms with Crippen LogP contribution in [-0.4, -0.2) is 9.85 Å². The van der Waals surface area contributed by atoms with Crippen molar-refractivity contribution in [1.82, 2.24) is 0 Å². The number of rotatable bonds is 4. The van der Waals surface area contributed by atoms with Crippen LogP contribution in [-0.2, 0) is 19.0 Å². The first-order valence-electron chi connectivity index (χ1n) is 5.90. The Morgan fingerprint density at radius 2 is 1.33 bits per heavy atom. The number of hydrogen-bond donors (Lipinski definition) is 1. The Labute approximate surface area is 116 Å². The molecule has 0 saturated heterocycles. The smallest absolute Gasteiger partial charge is 0.387 e. The molecule has 0 saturated carbocycles. The first-order chi connectivity index (χ1) is 9.57. The Kier molecular flexibility index (Phi) is 4.40. The highest BCUT2D eigenvalue weighted by Gasteiger charge is 2.44. The summed E-state index contributed by atoms with van der Waals surface area (Å²) >= 11 is 0. The van der Waals surface area contributed by atoms with Gasteiger partial charge in [0.1, 0.15) is 0 Å². The Morgan fingerprint density at radius 1 is 1.00 bits per heavy atom. The van der Waals surface area contributed by atoms with Crippen LogP contribution in [0.3, 0.4) is 0 Å². The molecule has 0 bridgehead atoms. The quantitative estimate of drug-likeness (QED) is 0.521. The Morgan fingerprint density at radius 3 is 1.52 bits per heavy atom. The van der Waals surface area contributed by atoms with E-state index in [1.807, 2.05) is 0 Å². The molecule has 0 spiro atoms. The van der Waals surface area contributed by atoms with E-state index in [0.717, 1.165) is 0 Å². The van der Waals surface area contributed by atoms with Crippen molar-refractivity contribution in [2.75, 3.05) is 5.73 Å².